The molecule has 0 fully saturated rings. The minimum atomic E-state index is 0.220. The van der Waals surface area contributed by atoms with Crippen molar-refractivity contribution in [3.05, 3.63) is 34.4 Å². The van der Waals surface area contributed by atoms with Gasteiger partial charge in [-0.2, -0.15) is 0 Å². The summed E-state index contributed by atoms with van der Waals surface area (Å²) in [5, 5.41) is 8.65. The number of rotatable bonds is 1. The third-order valence-corrected chi connectivity index (χ3v) is 3.21. The summed E-state index contributed by atoms with van der Waals surface area (Å²) in [6.07, 6.45) is 1.67. The molecule has 4 N–H and O–H groups in total. The molecule has 0 aliphatic carbocycles. The van der Waals surface area contributed by atoms with Crippen molar-refractivity contribution < 1.29 is 0 Å². The van der Waals surface area contributed by atoms with Crippen molar-refractivity contribution >= 4 is 40.6 Å². The number of anilines is 2. The van der Waals surface area contributed by atoms with Crippen molar-refractivity contribution in [3.8, 4) is 11.3 Å². The van der Waals surface area contributed by atoms with Crippen molar-refractivity contribution in [1.29, 1.82) is 0 Å². The van der Waals surface area contributed by atoms with Crippen LogP contribution in [0.1, 0.15) is 0 Å². The Balaban J connectivity index is 2.30. The van der Waals surface area contributed by atoms with Gasteiger partial charge in [0.15, 0.2) is 5.82 Å². The van der Waals surface area contributed by atoms with Crippen LogP contribution in [0.15, 0.2) is 24.4 Å². The number of hydrogen-bond acceptors (Lipinski definition) is 5. The highest BCUT2D eigenvalue weighted by molar-refractivity contribution is 6.35. The number of aromatic nitrogens is 4. The van der Waals surface area contributed by atoms with Crippen LogP contribution >= 0.6 is 23.2 Å². The molecule has 0 aliphatic heterocycles. The van der Waals surface area contributed by atoms with Gasteiger partial charge < -0.3 is 11.5 Å². The van der Waals surface area contributed by atoms with E-state index >= 15 is 0 Å². The van der Waals surface area contributed by atoms with Gasteiger partial charge in [0.2, 0.25) is 11.6 Å². The Labute approximate surface area is 118 Å². The van der Waals surface area contributed by atoms with E-state index in [1.54, 1.807) is 28.8 Å². The number of nitrogens with zero attached hydrogens (tertiary/aromatic N) is 4. The molecule has 6 nitrogen and oxygen atoms in total. The van der Waals surface area contributed by atoms with Crippen molar-refractivity contribution in [3.63, 3.8) is 0 Å². The van der Waals surface area contributed by atoms with Gasteiger partial charge in [-0.1, -0.05) is 23.2 Å². The van der Waals surface area contributed by atoms with Crippen LogP contribution in [-0.2, 0) is 0 Å². The number of halogens is 2. The Bertz CT molecular complexity index is 782. The molecule has 96 valence electrons. The molecule has 2 aromatic heterocycles. The van der Waals surface area contributed by atoms with Gasteiger partial charge in [0.25, 0.3) is 0 Å². The highest BCUT2D eigenvalue weighted by atomic mass is 35.5. The molecule has 1 aromatic carbocycles. The van der Waals surface area contributed by atoms with Crippen LogP contribution < -0.4 is 11.5 Å². The standard InChI is InChI=1S/C11H8Cl2N6/c12-5-1-2-7(13)6(3-5)8-4-19-10(9(14)16-8)17-18-11(19)15/h1-4H,(H2,14,16)(H2,15,18). The lowest BCUT2D eigenvalue weighted by Gasteiger charge is -2.06. The van der Waals surface area contributed by atoms with Crippen LogP contribution in [0.2, 0.25) is 10.0 Å². The van der Waals surface area contributed by atoms with Crippen LogP contribution in [0.5, 0.6) is 0 Å². The van der Waals surface area contributed by atoms with Crippen molar-refractivity contribution in [2.45, 2.75) is 0 Å². The Morgan fingerprint density at radius 1 is 1.11 bits per heavy atom. The normalized spacial score (nSPS) is 11.1. The lowest BCUT2D eigenvalue weighted by atomic mass is 10.1. The highest BCUT2D eigenvalue weighted by Gasteiger charge is 2.12. The van der Waals surface area contributed by atoms with Gasteiger partial charge in [0, 0.05) is 16.8 Å². The number of fused-ring (bicyclic) bond motifs is 1. The van der Waals surface area contributed by atoms with E-state index in [0.29, 0.717) is 26.9 Å². The Morgan fingerprint density at radius 3 is 2.68 bits per heavy atom. The van der Waals surface area contributed by atoms with Gasteiger partial charge in [-0.05, 0) is 18.2 Å². The molecule has 3 aromatic rings. The average Bonchev–Trinajstić information content (AvgIpc) is 2.75. The minimum absolute atomic E-state index is 0.220. The van der Waals surface area contributed by atoms with Crippen molar-refractivity contribution in [2.24, 2.45) is 0 Å². The molecule has 0 amide bonds. The van der Waals surface area contributed by atoms with E-state index in [2.05, 4.69) is 15.2 Å². The van der Waals surface area contributed by atoms with Crippen molar-refractivity contribution in [1.82, 2.24) is 19.6 Å². The zero-order chi connectivity index (χ0) is 13.6. The summed E-state index contributed by atoms with van der Waals surface area (Å²) >= 11 is 12.1. The summed E-state index contributed by atoms with van der Waals surface area (Å²) in [5.41, 5.74) is 13.1. The van der Waals surface area contributed by atoms with Crippen LogP contribution in [-0.4, -0.2) is 19.6 Å². The number of nitrogen functional groups attached to an aromatic ring is 2. The van der Waals surface area contributed by atoms with E-state index in [4.69, 9.17) is 34.7 Å². The SMILES string of the molecule is Nc1nc(-c2cc(Cl)ccc2Cl)cn2c(N)nnc12. The van der Waals surface area contributed by atoms with Crippen molar-refractivity contribution in [2.75, 3.05) is 11.5 Å². The lowest BCUT2D eigenvalue weighted by molar-refractivity contribution is 1.12. The van der Waals surface area contributed by atoms with Gasteiger partial charge >= 0.3 is 0 Å². The monoisotopic (exact) mass is 294 g/mol. The molecule has 0 unspecified atom stereocenters. The van der Waals surface area contributed by atoms with Crippen LogP contribution in [0.25, 0.3) is 16.9 Å². The van der Waals surface area contributed by atoms with Crippen LogP contribution in [0.3, 0.4) is 0 Å². The summed E-state index contributed by atoms with van der Waals surface area (Å²) in [6, 6.07) is 5.09. The Hall–Kier alpha value is -2.05. The van der Waals surface area contributed by atoms with E-state index in [9.17, 15) is 0 Å². The van der Waals surface area contributed by atoms with E-state index in [1.165, 1.54) is 0 Å². The molecule has 0 saturated heterocycles. The van der Waals surface area contributed by atoms with E-state index in [1.807, 2.05) is 0 Å². The maximum Gasteiger partial charge on any atom is 0.226 e. The number of hydrogen-bond donors (Lipinski definition) is 2. The maximum absolute atomic E-state index is 6.14. The summed E-state index contributed by atoms with van der Waals surface area (Å²) in [7, 11) is 0. The topological polar surface area (TPSA) is 95.1 Å². The molecule has 0 radical (unpaired) electrons. The summed E-state index contributed by atoms with van der Waals surface area (Å²) < 4.78 is 1.55. The van der Waals surface area contributed by atoms with Gasteiger partial charge in [-0.3, -0.25) is 4.40 Å². The molecule has 0 atom stereocenters. The molecule has 0 spiro atoms. The zero-order valence-corrected chi connectivity index (χ0v) is 11.0. The second-order valence-corrected chi connectivity index (χ2v) is 4.73. The predicted octanol–water partition coefficient (Wildman–Crippen LogP) is 2.26. The molecule has 2 heterocycles. The largest absolute Gasteiger partial charge is 0.381 e. The molecule has 3 rings (SSSR count). The summed E-state index contributed by atoms with van der Waals surface area (Å²) in [6.45, 7) is 0. The van der Waals surface area contributed by atoms with E-state index < -0.39 is 0 Å². The molecule has 0 saturated carbocycles. The lowest BCUT2D eigenvalue weighted by Crippen LogP contribution is -2.01. The second kappa shape index (κ2) is 4.25. The predicted molar refractivity (Wildman–Crippen MR) is 75.1 cm³/mol. The first-order valence-electron chi connectivity index (χ1n) is 5.28. The highest BCUT2D eigenvalue weighted by Crippen LogP contribution is 2.30. The Kier molecular flexibility index (Phi) is 2.69. The number of benzene rings is 1. The van der Waals surface area contributed by atoms with Gasteiger partial charge in [0.05, 0.1) is 10.7 Å². The molecule has 19 heavy (non-hydrogen) atoms. The molecule has 0 aliphatic rings. The van der Waals surface area contributed by atoms with Gasteiger partial charge in [-0.15, -0.1) is 10.2 Å². The molecule has 8 heteroatoms. The second-order valence-electron chi connectivity index (χ2n) is 3.89. The van der Waals surface area contributed by atoms with Gasteiger partial charge in [0.1, 0.15) is 0 Å². The van der Waals surface area contributed by atoms with Crippen LogP contribution in [0, 0.1) is 0 Å². The van der Waals surface area contributed by atoms with E-state index in [0.717, 1.165) is 0 Å². The van der Waals surface area contributed by atoms with Crippen LogP contribution in [0.4, 0.5) is 11.8 Å². The average molecular weight is 295 g/mol. The third kappa shape index (κ3) is 1.94. The summed E-state index contributed by atoms with van der Waals surface area (Å²) in [4.78, 5) is 4.24. The Morgan fingerprint density at radius 2 is 1.89 bits per heavy atom. The van der Waals surface area contributed by atoms with E-state index in [-0.39, 0.29) is 11.8 Å². The molecule has 0 bridgehead atoms. The fourth-order valence-electron chi connectivity index (χ4n) is 1.76. The van der Waals surface area contributed by atoms with Gasteiger partial charge in [-0.25, -0.2) is 4.98 Å². The smallest absolute Gasteiger partial charge is 0.226 e. The molecular weight excluding hydrogens is 287 g/mol. The minimum Gasteiger partial charge on any atom is -0.381 e. The quantitative estimate of drug-likeness (QED) is 0.718. The third-order valence-electron chi connectivity index (χ3n) is 2.65. The number of nitrogens with two attached hydrogens (primary N) is 2. The fraction of sp³-hybridized carbons (Fsp3) is 0. The summed E-state index contributed by atoms with van der Waals surface area (Å²) in [5.74, 6) is 0.446. The zero-order valence-electron chi connectivity index (χ0n) is 9.51. The first-order chi connectivity index (χ1) is 9.06. The first kappa shape index (κ1) is 12.0. The fourth-order valence-corrected chi connectivity index (χ4v) is 2.15. The first-order valence-corrected chi connectivity index (χ1v) is 6.04. The molecular formula is C11H8Cl2N6. The maximum atomic E-state index is 6.14.